The molecular weight excluding hydrogens is 1760 g/mol. The van der Waals surface area contributed by atoms with Crippen LogP contribution in [0.25, 0.3) is 0 Å². The molecular formula is C106H143N21O12. The molecule has 0 radical (unpaired) electrons. The molecule has 8 rings (SSSR count). The highest BCUT2D eigenvalue weighted by Gasteiger charge is 2.40. The molecule has 0 fully saturated rings. The smallest absolute Gasteiger partial charge is 0.243 e. The summed E-state index contributed by atoms with van der Waals surface area (Å²) in [5, 5.41) is 24.2. The van der Waals surface area contributed by atoms with Crippen LogP contribution in [-0.4, -0.2) is 268 Å². The van der Waals surface area contributed by atoms with Crippen LogP contribution in [0.1, 0.15) is 200 Å². The van der Waals surface area contributed by atoms with Gasteiger partial charge in [0.05, 0.1) is 81.1 Å². The quantitative estimate of drug-likeness (QED) is 0.00963. The lowest BCUT2D eigenvalue weighted by Gasteiger charge is -2.38. The van der Waals surface area contributed by atoms with Gasteiger partial charge < -0.3 is 98.5 Å². The number of benzene rings is 8. The van der Waals surface area contributed by atoms with Crippen molar-refractivity contribution in [3.8, 4) is 0 Å². The minimum absolute atomic E-state index is 0.00379. The summed E-state index contributed by atoms with van der Waals surface area (Å²) in [5.74, 6) is -8.06. The van der Waals surface area contributed by atoms with E-state index in [4.69, 9.17) is 39.5 Å². The highest BCUT2D eigenvalue weighted by Crippen LogP contribution is 2.32. The van der Waals surface area contributed by atoms with Crippen LogP contribution >= 0.6 is 0 Å². The first kappa shape index (κ1) is 110. The van der Waals surface area contributed by atoms with Gasteiger partial charge in [0.1, 0.15) is 45.8 Å². The Kier molecular flexibility index (Phi) is 45.8. The van der Waals surface area contributed by atoms with E-state index >= 15 is 43.2 Å². The average Bonchev–Trinajstić information content (AvgIpc) is 0.818. The summed E-state index contributed by atoms with van der Waals surface area (Å²) in [4.78, 5) is 199. The molecule has 0 heterocycles. The van der Waals surface area contributed by atoms with Gasteiger partial charge in [-0.1, -0.05) is 243 Å². The minimum Gasteiger partial charge on any atom is -0.370 e. The molecule has 0 bridgehead atoms. The number of unbranched alkanes of at least 4 members (excludes halogenated alkanes) is 4. The van der Waals surface area contributed by atoms with E-state index in [0.29, 0.717) is 91.4 Å². The second-order valence-electron chi connectivity index (χ2n) is 35.0. The molecule has 8 aromatic carbocycles. The highest BCUT2D eigenvalue weighted by atomic mass is 16.2. The van der Waals surface area contributed by atoms with Gasteiger partial charge in [0.2, 0.25) is 70.9 Å². The molecule has 0 spiro atoms. The Balaban J connectivity index is 1.12. The number of hydrogen-bond acceptors (Lipinski definition) is 17. The van der Waals surface area contributed by atoms with Crippen LogP contribution < -0.4 is 44.6 Å². The first-order valence-corrected chi connectivity index (χ1v) is 48.0. The third-order valence-electron chi connectivity index (χ3n) is 25.4. The van der Waals surface area contributed by atoms with E-state index in [9.17, 15) is 14.4 Å². The molecule has 0 aliphatic rings. The maximum atomic E-state index is 16.1. The van der Waals surface area contributed by atoms with E-state index in [2.05, 4.69) is 16.0 Å². The van der Waals surface area contributed by atoms with Crippen LogP contribution in [0.15, 0.2) is 243 Å². The molecule has 0 saturated carbocycles. The number of nitrogens with one attached hydrogen (secondary N) is 5. The van der Waals surface area contributed by atoms with E-state index < -0.39 is 185 Å². The van der Waals surface area contributed by atoms with E-state index in [-0.39, 0.29) is 70.1 Å². The summed E-state index contributed by atoms with van der Waals surface area (Å²) in [6.45, 7) is 9.15. The lowest BCUT2D eigenvalue weighted by molar-refractivity contribution is -0.152. The summed E-state index contributed by atoms with van der Waals surface area (Å²) in [5.41, 5.74) is 34.5. The fourth-order valence-corrected chi connectivity index (χ4v) is 16.7. The number of hydrogen-bond donors (Lipinski definition) is 10. The van der Waals surface area contributed by atoms with Gasteiger partial charge in [-0.15, -0.1) is 0 Å². The zero-order valence-electron chi connectivity index (χ0n) is 81.7. The third-order valence-corrected chi connectivity index (χ3v) is 25.4. The van der Waals surface area contributed by atoms with Crippen molar-refractivity contribution < 1.29 is 57.5 Å². The standard InChI is InChI=1S/C106H143N21O12/c1-77(85-41-17-9-18-42-85)120(66-93(109)128)101(136)74-125(82(6)90-51-27-14-28-52-90)98(133)67-117(62-38-33-57-107)95(130)70-123(80(4)88-47-23-12-24-48-88)103(138)75-126(83(7)91-53-29-15-30-54-91)99(134)68-118(63-39-34-58-108)96(131)71-124(81(5)89-49-25-13-26-50-89)104(139)76-127(84(8)92-55-31-16-32-56-92)100(135)69-119(64-40-37-61-116-106(112)113)97(132)72-122(79(3)87-45-21-11-22-46-87)102(137)73-121(78(2)86-43-19-10-20-44-86)94(129)65-114-59-35-36-60-115-105(110)111/h9-32,41-56,77-84,114H,33-40,57-76,107-108H2,1-8H3,(H2,109,128)(H4,110,111,115)(H4,112,113,116)/t77-,78-,79-,80-,81-,82-,83-,84-/m0/s1. The van der Waals surface area contributed by atoms with Crippen LogP contribution in [0.4, 0.5) is 0 Å². The largest absolute Gasteiger partial charge is 0.370 e. The SMILES string of the molecule is C[C@@H](c1ccccc1)N(CC(N)=O)C(=O)CN(C(=O)CN(CCCCN)C(=O)CN(C(=O)CN(C(=O)CN(CCCCN)C(=O)CN(C(=O)CN(C(=O)CN(CCCCNC(=N)N)C(=O)CN(C(=O)CN(C(=O)CNCCCCNC(=N)N)[C@@H](C)c1ccccc1)[C@@H](C)c1ccccc1)[C@@H](C)c1ccccc1)[C@@H](C)c1ccccc1)[C@@H](C)c1ccccc1)[C@@H](C)c1ccccc1)[C@@H](C)c1ccccc1. The maximum absolute atomic E-state index is 16.1. The van der Waals surface area contributed by atoms with Crippen molar-refractivity contribution in [2.24, 2.45) is 28.7 Å². The predicted octanol–water partition coefficient (Wildman–Crippen LogP) is 9.27. The number of amides is 12. The molecule has 0 saturated heterocycles. The molecule has 139 heavy (non-hydrogen) atoms. The maximum Gasteiger partial charge on any atom is 0.243 e. The Morgan fingerprint density at radius 2 is 0.417 bits per heavy atom. The van der Waals surface area contributed by atoms with Crippen molar-refractivity contribution in [1.29, 1.82) is 10.8 Å². The number of guanidine groups is 2. The topological polar surface area (TPSA) is 454 Å². The number of carbonyl (C=O) groups is 12. The van der Waals surface area contributed by atoms with Crippen LogP contribution in [0.5, 0.6) is 0 Å². The Labute approximate surface area is 818 Å². The van der Waals surface area contributed by atoms with E-state index in [1.54, 1.807) is 176 Å². The number of primary amides is 1. The Morgan fingerprint density at radius 1 is 0.237 bits per heavy atom. The van der Waals surface area contributed by atoms with E-state index in [1.807, 2.05) is 122 Å². The predicted molar refractivity (Wildman–Crippen MR) is 539 cm³/mol. The van der Waals surface area contributed by atoms with Crippen LogP contribution in [0.2, 0.25) is 0 Å². The molecule has 0 aliphatic carbocycles. The normalized spacial score (nSPS) is 12.8. The zero-order chi connectivity index (χ0) is 101. The van der Waals surface area contributed by atoms with Gasteiger partial charge in [-0.2, -0.15) is 0 Å². The summed E-state index contributed by atoms with van der Waals surface area (Å²) in [7, 11) is 0. The molecule has 0 aromatic heterocycles. The van der Waals surface area contributed by atoms with Crippen LogP contribution in [-0.2, 0) is 57.5 Å². The molecule has 8 aromatic rings. The molecule has 33 heteroatoms. The first-order chi connectivity index (χ1) is 66.8. The van der Waals surface area contributed by atoms with Crippen LogP contribution in [0.3, 0.4) is 0 Å². The highest BCUT2D eigenvalue weighted by molar-refractivity contribution is 5.96. The molecule has 33 nitrogen and oxygen atoms in total. The van der Waals surface area contributed by atoms with Crippen molar-refractivity contribution in [1.82, 2.24) is 69.8 Å². The summed E-state index contributed by atoms with van der Waals surface area (Å²) < 4.78 is 0. The molecule has 12 amide bonds. The van der Waals surface area contributed by atoms with Gasteiger partial charge in [-0.3, -0.25) is 68.4 Å². The van der Waals surface area contributed by atoms with Crippen molar-refractivity contribution in [2.45, 2.75) is 155 Å². The Bertz CT molecular complexity index is 5220. The number of rotatable bonds is 58. The molecule has 0 unspecified atom stereocenters. The van der Waals surface area contributed by atoms with Gasteiger partial charge in [-0.05, 0) is 171 Å². The zero-order valence-corrected chi connectivity index (χ0v) is 81.7. The van der Waals surface area contributed by atoms with Gasteiger partial charge in [-0.25, -0.2) is 0 Å². The van der Waals surface area contributed by atoms with E-state index in [1.165, 1.54) is 53.9 Å². The Morgan fingerprint density at radius 3 is 0.626 bits per heavy atom. The van der Waals surface area contributed by atoms with Crippen molar-refractivity contribution >= 4 is 82.8 Å². The van der Waals surface area contributed by atoms with Crippen LogP contribution in [0, 0.1) is 10.8 Å². The Hall–Kier alpha value is -14.2. The average molecular weight is 1900 g/mol. The second-order valence-corrected chi connectivity index (χ2v) is 35.0. The summed E-state index contributed by atoms with van der Waals surface area (Å²) in [6.07, 6.45) is 3.46. The fourth-order valence-electron chi connectivity index (χ4n) is 16.7. The third kappa shape index (κ3) is 34.8. The molecule has 15 N–H and O–H groups in total. The molecule has 8 atom stereocenters. The van der Waals surface area contributed by atoms with Crippen molar-refractivity contribution in [3.63, 3.8) is 0 Å². The van der Waals surface area contributed by atoms with Crippen molar-refractivity contribution in [2.75, 3.05) is 131 Å². The summed E-state index contributed by atoms with van der Waals surface area (Å²) in [6, 6.07) is 66.1. The van der Waals surface area contributed by atoms with Gasteiger partial charge in [0.15, 0.2) is 11.9 Å². The number of carbonyl (C=O) groups excluding carboxylic acids is 12. The first-order valence-electron chi connectivity index (χ1n) is 48.0. The van der Waals surface area contributed by atoms with Gasteiger partial charge in [0.25, 0.3) is 0 Å². The second kappa shape index (κ2) is 57.8. The number of nitrogens with two attached hydrogens (primary N) is 5. The van der Waals surface area contributed by atoms with Crippen molar-refractivity contribution in [3.05, 3.63) is 287 Å². The molecule has 0 aliphatic heterocycles. The summed E-state index contributed by atoms with van der Waals surface area (Å²) >= 11 is 0. The molecule has 744 valence electrons. The number of nitrogens with zero attached hydrogens (tertiary/aromatic N) is 11. The van der Waals surface area contributed by atoms with E-state index in [0.717, 1.165) is 11.1 Å². The minimum atomic E-state index is -0.881. The lowest BCUT2D eigenvalue weighted by Crippen LogP contribution is -2.54. The lowest BCUT2D eigenvalue weighted by atomic mass is 10.0. The monoisotopic (exact) mass is 1900 g/mol. The van der Waals surface area contributed by atoms with Gasteiger partial charge >= 0.3 is 0 Å². The fraction of sp³-hybridized carbons (Fsp3) is 0.415. The van der Waals surface area contributed by atoms with Gasteiger partial charge in [0, 0.05) is 32.7 Å².